The van der Waals surface area contributed by atoms with Crippen LogP contribution in [0.5, 0.6) is 5.75 Å². The number of piperidine rings is 1. The molecule has 1 N–H and O–H groups in total. The van der Waals surface area contributed by atoms with Gasteiger partial charge in [-0.05, 0) is 75.9 Å². The molecule has 166 valence electrons. The molecule has 1 saturated heterocycles. The van der Waals surface area contributed by atoms with Crippen LogP contribution in [0.25, 0.3) is 0 Å². The summed E-state index contributed by atoms with van der Waals surface area (Å²) in [6.07, 6.45) is 7.96. The largest absolute Gasteiger partial charge is 0.492 e. The number of aryl methyl sites for hydroxylation is 1. The molecule has 2 aromatic rings. The van der Waals surface area contributed by atoms with Crippen molar-refractivity contribution in [3.8, 4) is 5.75 Å². The van der Waals surface area contributed by atoms with E-state index in [9.17, 15) is 4.79 Å². The Morgan fingerprint density at radius 2 is 1.74 bits per heavy atom. The van der Waals surface area contributed by atoms with Crippen molar-refractivity contribution in [2.45, 2.75) is 70.3 Å². The minimum absolute atomic E-state index is 0.113. The van der Waals surface area contributed by atoms with Gasteiger partial charge in [0.25, 0.3) is 0 Å². The normalized spacial score (nSPS) is 21.0. The molecule has 4 heteroatoms. The van der Waals surface area contributed by atoms with E-state index in [2.05, 4.69) is 48.3 Å². The standard InChI is InChI=1S/C27H36N2O2/c1-21-8-10-23(11-9-21)27(16-4-5-17-27)26(30)28-24-12-14-25(15-13-24)31-20-19-29-18-6-3-7-22(29)2/h8-15,22H,3-7,16-20H2,1-2H3,(H,28,30)/t22-/m1/s1. The smallest absolute Gasteiger partial charge is 0.235 e. The van der Waals surface area contributed by atoms with Crippen LogP contribution >= 0.6 is 0 Å². The molecule has 1 aliphatic carbocycles. The second kappa shape index (κ2) is 9.86. The van der Waals surface area contributed by atoms with Gasteiger partial charge in [-0.25, -0.2) is 0 Å². The Bertz CT molecular complexity index is 854. The lowest BCUT2D eigenvalue weighted by molar-refractivity contribution is -0.121. The number of nitrogens with zero attached hydrogens (tertiary/aromatic N) is 1. The molecule has 1 aliphatic heterocycles. The van der Waals surface area contributed by atoms with E-state index in [-0.39, 0.29) is 5.91 Å². The highest BCUT2D eigenvalue weighted by atomic mass is 16.5. The summed E-state index contributed by atoms with van der Waals surface area (Å²) in [5, 5.41) is 3.18. The number of carbonyl (C=O) groups is 1. The van der Waals surface area contributed by atoms with Crippen molar-refractivity contribution in [1.82, 2.24) is 4.90 Å². The molecule has 31 heavy (non-hydrogen) atoms. The van der Waals surface area contributed by atoms with Crippen LogP contribution in [0.15, 0.2) is 48.5 Å². The van der Waals surface area contributed by atoms with Gasteiger partial charge in [0.2, 0.25) is 5.91 Å². The molecular weight excluding hydrogens is 384 g/mol. The lowest BCUT2D eigenvalue weighted by atomic mass is 9.77. The average molecular weight is 421 g/mol. The first-order valence-corrected chi connectivity index (χ1v) is 11.9. The Hall–Kier alpha value is -2.33. The van der Waals surface area contributed by atoms with Gasteiger partial charge in [-0.3, -0.25) is 9.69 Å². The maximum Gasteiger partial charge on any atom is 0.235 e. The number of hydrogen-bond acceptors (Lipinski definition) is 3. The lowest BCUT2D eigenvalue weighted by Crippen LogP contribution is -2.39. The topological polar surface area (TPSA) is 41.6 Å². The van der Waals surface area contributed by atoms with Gasteiger partial charge in [-0.1, -0.05) is 49.1 Å². The average Bonchev–Trinajstić information content (AvgIpc) is 3.28. The Labute approximate surface area is 187 Å². The molecule has 1 atom stereocenters. The third kappa shape index (κ3) is 5.12. The number of anilines is 1. The molecule has 0 aromatic heterocycles. The molecule has 1 amide bonds. The van der Waals surface area contributed by atoms with Crippen LogP contribution in [0.2, 0.25) is 0 Å². The van der Waals surface area contributed by atoms with Crippen LogP contribution in [0.3, 0.4) is 0 Å². The summed E-state index contributed by atoms with van der Waals surface area (Å²) in [6.45, 7) is 7.25. The maximum absolute atomic E-state index is 13.3. The molecule has 0 spiro atoms. The fourth-order valence-electron chi connectivity index (χ4n) is 5.15. The highest BCUT2D eigenvalue weighted by Gasteiger charge is 2.42. The van der Waals surface area contributed by atoms with Crippen LogP contribution < -0.4 is 10.1 Å². The number of benzene rings is 2. The van der Waals surface area contributed by atoms with E-state index < -0.39 is 5.41 Å². The quantitative estimate of drug-likeness (QED) is 0.625. The van der Waals surface area contributed by atoms with Gasteiger partial charge >= 0.3 is 0 Å². The third-order valence-electron chi connectivity index (χ3n) is 7.20. The molecule has 0 bridgehead atoms. The lowest BCUT2D eigenvalue weighted by Gasteiger charge is -2.33. The first-order valence-electron chi connectivity index (χ1n) is 11.9. The van der Waals surface area contributed by atoms with E-state index >= 15 is 0 Å². The van der Waals surface area contributed by atoms with E-state index in [1.54, 1.807) is 0 Å². The molecule has 1 heterocycles. The number of likely N-dealkylation sites (tertiary alicyclic amines) is 1. The van der Waals surface area contributed by atoms with E-state index in [1.807, 2.05) is 24.3 Å². The monoisotopic (exact) mass is 420 g/mol. The molecule has 4 rings (SSSR count). The predicted octanol–water partition coefficient (Wildman–Crippen LogP) is 5.70. The second-order valence-corrected chi connectivity index (χ2v) is 9.36. The van der Waals surface area contributed by atoms with Gasteiger partial charge in [0, 0.05) is 18.3 Å². The number of rotatable bonds is 7. The fourth-order valence-corrected chi connectivity index (χ4v) is 5.15. The molecule has 0 radical (unpaired) electrons. The minimum Gasteiger partial charge on any atom is -0.492 e. The Kier molecular flexibility index (Phi) is 6.96. The number of nitrogens with one attached hydrogen (secondary N) is 1. The first kappa shape index (κ1) is 21.9. The van der Waals surface area contributed by atoms with E-state index in [4.69, 9.17) is 4.74 Å². The zero-order valence-electron chi connectivity index (χ0n) is 19.0. The van der Waals surface area contributed by atoms with Crippen molar-refractivity contribution >= 4 is 11.6 Å². The summed E-state index contributed by atoms with van der Waals surface area (Å²) in [5.41, 5.74) is 2.79. The molecular formula is C27H36N2O2. The second-order valence-electron chi connectivity index (χ2n) is 9.36. The SMILES string of the molecule is Cc1ccc(C2(C(=O)Nc3ccc(OCCN4CCCC[C@H]4C)cc3)CCCC2)cc1. The maximum atomic E-state index is 13.3. The summed E-state index contributed by atoms with van der Waals surface area (Å²) >= 11 is 0. The van der Waals surface area contributed by atoms with Crippen molar-refractivity contribution < 1.29 is 9.53 Å². The number of ether oxygens (including phenoxy) is 1. The van der Waals surface area contributed by atoms with Crippen LogP contribution in [-0.2, 0) is 10.2 Å². The molecule has 1 saturated carbocycles. The molecule has 2 aromatic carbocycles. The summed E-state index contributed by atoms with van der Waals surface area (Å²) in [6, 6.07) is 17.0. The van der Waals surface area contributed by atoms with Crippen LogP contribution in [0, 0.1) is 6.92 Å². The van der Waals surface area contributed by atoms with Crippen molar-refractivity contribution in [3.05, 3.63) is 59.7 Å². The first-order chi connectivity index (χ1) is 15.1. The summed E-state index contributed by atoms with van der Waals surface area (Å²) < 4.78 is 5.96. The van der Waals surface area contributed by atoms with Crippen LogP contribution in [-0.4, -0.2) is 36.5 Å². The van der Waals surface area contributed by atoms with E-state index in [0.717, 1.165) is 49.2 Å². The van der Waals surface area contributed by atoms with Gasteiger partial charge in [0.15, 0.2) is 0 Å². The van der Waals surface area contributed by atoms with Gasteiger partial charge in [0.05, 0.1) is 5.41 Å². The molecule has 2 fully saturated rings. The van der Waals surface area contributed by atoms with Crippen LogP contribution in [0.4, 0.5) is 5.69 Å². The minimum atomic E-state index is -0.409. The zero-order chi connectivity index (χ0) is 21.7. The molecule has 2 aliphatic rings. The summed E-state index contributed by atoms with van der Waals surface area (Å²) in [4.78, 5) is 15.9. The van der Waals surface area contributed by atoms with Gasteiger partial charge in [-0.15, -0.1) is 0 Å². The Morgan fingerprint density at radius 3 is 2.42 bits per heavy atom. The Balaban J connectivity index is 1.34. The van der Waals surface area contributed by atoms with E-state index in [0.29, 0.717) is 12.6 Å². The van der Waals surface area contributed by atoms with Crippen molar-refractivity contribution in [2.75, 3.05) is 25.0 Å². The number of carbonyl (C=O) groups excluding carboxylic acids is 1. The zero-order valence-corrected chi connectivity index (χ0v) is 19.0. The van der Waals surface area contributed by atoms with Gasteiger partial charge < -0.3 is 10.1 Å². The summed E-state index contributed by atoms with van der Waals surface area (Å²) in [5.74, 6) is 0.971. The molecule has 4 nitrogen and oxygen atoms in total. The highest BCUT2D eigenvalue weighted by molar-refractivity contribution is 5.99. The fraction of sp³-hybridized carbons (Fsp3) is 0.519. The third-order valence-corrected chi connectivity index (χ3v) is 7.20. The summed E-state index contributed by atoms with van der Waals surface area (Å²) in [7, 11) is 0. The van der Waals surface area contributed by atoms with Crippen molar-refractivity contribution in [1.29, 1.82) is 0 Å². The van der Waals surface area contributed by atoms with Crippen LogP contribution in [0.1, 0.15) is 63.0 Å². The number of amides is 1. The van der Waals surface area contributed by atoms with Crippen molar-refractivity contribution in [3.63, 3.8) is 0 Å². The Morgan fingerprint density at radius 1 is 1.03 bits per heavy atom. The number of hydrogen-bond donors (Lipinski definition) is 1. The highest BCUT2D eigenvalue weighted by Crippen LogP contribution is 2.42. The van der Waals surface area contributed by atoms with Gasteiger partial charge in [0.1, 0.15) is 12.4 Å². The predicted molar refractivity (Wildman–Crippen MR) is 127 cm³/mol. The van der Waals surface area contributed by atoms with Gasteiger partial charge in [-0.2, -0.15) is 0 Å². The molecule has 0 unspecified atom stereocenters. The van der Waals surface area contributed by atoms with E-state index in [1.165, 1.54) is 31.4 Å². The van der Waals surface area contributed by atoms with Crippen molar-refractivity contribution in [2.24, 2.45) is 0 Å².